The van der Waals surface area contributed by atoms with Crippen LogP contribution in [0, 0.1) is 20.8 Å². The number of rotatable bonds is 5. The predicted molar refractivity (Wildman–Crippen MR) is 133 cm³/mol. The van der Waals surface area contributed by atoms with E-state index in [1.54, 1.807) is 0 Å². The van der Waals surface area contributed by atoms with E-state index in [1.807, 2.05) is 22.7 Å². The van der Waals surface area contributed by atoms with Gasteiger partial charge < -0.3 is 9.72 Å². The van der Waals surface area contributed by atoms with Crippen molar-refractivity contribution in [3.05, 3.63) is 63.9 Å². The first-order valence-corrected chi connectivity index (χ1v) is 12.5. The second kappa shape index (κ2) is 9.06. The van der Waals surface area contributed by atoms with Crippen LogP contribution in [0.3, 0.4) is 0 Å². The first-order valence-electron chi connectivity index (χ1n) is 11.7. The summed E-state index contributed by atoms with van der Waals surface area (Å²) < 4.78 is 2.02. The minimum absolute atomic E-state index is 0.103. The lowest BCUT2D eigenvalue weighted by atomic mass is 9.90. The lowest BCUT2D eigenvalue weighted by molar-refractivity contribution is -0.115. The van der Waals surface area contributed by atoms with Gasteiger partial charge in [0.15, 0.2) is 0 Å². The molecular formula is C26H29N5OS. The van der Waals surface area contributed by atoms with Gasteiger partial charge >= 0.3 is 0 Å². The minimum atomic E-state index is -0.103. The van der Waals surface area contributed by atoms with Crippen molar-refractivity contribution in [1.29, 1.82) is 0 Å². The number of carbonyl (C=O) groups excluding carboxylic acids is 1. The van der Waals surface area contributed by atoms with Crippen molar-refractivity contribution in [2.75, 3.05) is 5.32 Å². The number of nitrogens with one attached hydrogen (secondary N) is 1. The number of pyridine rings is 1. The quantitative estimate of drug-likeness (QED) is 0.397. The molecule has 3 heterocycles. The van der Waals surface area contributed by atoms with Crippen molar-refractivity contribution in [3.63, 3.8) is 0 Å². The van der Waals surface area contributed by atoms with Crippen LogP contribution in [0.5, 0.6) is 0 Å². The van der Waals surface area contributed by atoms with Crippen LogP contribution < -0.4 is 5.32 Å². The molecule has 1 saturated carbocycles. The van der Waals surface area contributed by atoms with Crippen LogP contribution in [0.4, 0.5) is 5.13 Å². The molecule has 7 heteroatoms. The molecule has 0 spiro atoms. The van der Waals surface area contributed by atoms with Crippen molar-refractivity contribution in [2.24, 2.45) is 0 Å². The first kappa shape index (κ1) is 21.8. The molecule has 3 aromatic heterocycles. The molecule has 1 fully saturated rings. The van der Waals surface area contributed by atoms with E-state index < -0.39 is 0 Å². The summed E-state index contributed by atoms with van der Waals surface area (Å²) in [5, 5.41) is 13.2. The summed E-state index contributed by atoms with van der Waals surface area (Å²) in [5.41, 5.74) is 7.18. The van der Waals surface area contributed by atoms with Crippen LogP contribution in [0.2, 0.25) is 0 Å². The smallest absolute Gasteiger partial charge is 0.232 e. The number of anilines is 1. The molecule has 0 unspecified atom stereocenters. The molecule has 4 aromatic rings. The maximum Gasteiger partial charge on any atom is 0.232 e. The van der Waals surface area contributed by atoms with Crippen LogP contribution in [0.1, 0.15) is 65.4 Å². The molecule has 1 aromatic carbocycles. The van der Waals surface area contributed by atoms with Gasteiger partial charge in [-0.25, -0.2) is 4.98 Å². The number of aromatic nitrogens is 4. The average molecular weight is 460 g/mol. The zero-order valence-corrected chi connectivity index (χ0v) is 20.2. The highest BCUT2D eigenvalue weighted by molar-refractivity contribution is 7.15. The Morgan fingerprint density at radius 1 is 1.06 bits per heavy atom. The van der Waals surface area contributed by atoms with Crippen LogP contribution in [0.25, 0.3) is 16.9 Å². The molecule has 1 amide bonds. The van der Waals surface area contributed by atoms with Gasteiger partial charge in [-0.1, -0.05) is 42.7 Å². The molecule has 170 valence electrons. The van der Waals surface area contributed by atoms with E-state index in [0.717, 1.165) is 33.2 Å². The van der Waals surface area contributed by atoms with Gasteiger partial charge in [0.2, 0.25) is 11.0 Å². The van der Waals surface area contributed by atoms with E-state index >= 15 is 0 Å². The van der Waals surface area contributed by atoms with Gasteiger partial charge in [-0.3, -0.25) is 4.79 Å². The third-order valence-corrected chi connectivity index (χ3v) is 7.63. The largest absolute Gasteiger partial charge is 0.303 e. The van der Waals surface area contributed by atoms with Gasteiger partial charge in [0.05, 0.1) is 17.8 Å². The van der Waals surface area contributed by atoms with Gasteiger partial charge in [-0.05, 0) is 68.5 Å². The van der Waals surface area contributed by atoms with Crippen LogP contribution in [0.15, 0.2) is 36.5 Å². The van der Waals surface area contributed by atoms with Crippen molar-refractivity contribution in [1.82, 2.24) is 19.6 Å². The molecule has 6 nitrogen and oxygen atoms in total. The van der Waals surface area contributed by atoms with Crippen molar-refractivity contribution in [3.8, 4) is 11.3 Å². The SMILES string of the molecule is Cc1ccn2c(CC(=O)Nc3nnc(C4CCCCC4)s3)c(-c3ccc(C)c(C)c3)nc2c1. The van der Waals surface area contributed by atoms with E-state index in [9.17, 15) is 4.79 Å². The number of hydrogen-bond donors (Lipinski definition) is 1. The van der Waals surface area contributed by atoms with Crippen molar-refractivity contribution in [2.45, 2.75) is 65.2 Å². The number of hydrogen-bond acceptors (Lipinski definition) is 5. The van der Waals surface area contributed by atoms with Crippen LogP contribution in [-0.2, 0) is 11.2 Å². The Balaban J connectivity index is 1.42. The Kier molecular flexibility index (Phi) is 5.98. The third-order valence-electron chi connectivity index (χ3n) is 6.63. The summed E-state index contributed by atoms with van der Waals surface area (Å²) in [6.07, 6.45) is 8.36. The van der Waals surface area contributed by atoms with Gasteiger partial charge in [0.25, 0.3) is 0 Å². The predicted octanol–water partition coefficient (Wildman–Crippen LogP) is 6.01. The Labute approximate surface area is 198 Å². The first-order chi connectivity index (χ1) is 16.0. The van der Waals surface area contributed by atoms with Gasteiger partial charge in [0.1, 0.15) is 10.7 Å². The highest BCUT2D eigenvalue weighted by atomic mass is 32.1. The summed E-state index contributed by atoms with van der Waals surface area (Å²) in [4.78, 5) is 18.0. The fourth-order valence-corrected chi connectivity index (χ4v) is 5.53. The number of amides is 1. The Morgan fingerprint density at radius 3 is 2.67 bits per heavy atom. The molecule has 0 saturated heterocycles. The van der Waals surface area contributed by atoms with Gasteiger partial charge in [-0.2, -0.15) is 0 Å². The van der Waals surface area contributed by atoms with E-state index in [4.69, 9.17) is 4.98 Å². The summed E-state index contributed by atoms with van der Waals surface area (Å²) >= 11 is 1.51. The molecule has 0 atom stereocenters. The standard InChI is InChI=1S/C26H29N5OS/c1-16-11-12-31-21(24(27-22(31)13-16)20-10-9-17(2)18(3)14-20)15-23(32)28-26-30-29-25(33-26)19-7-5-4-6-8-19/h9-14,19H,4-8,15H2,1-3H3,(H,28,30,32). The van der Waals surface area contributed by atoms with Gasteiger partial charge in [0, 0.05) is 17.7 Å². The molecule has 1 aliphatic carbocycles. The molecule has 0 aliphatic heterocycles. The second-order valence-electron chi connectivity index (χ2n) is 9.14. The van der Waals surface area contributed by atoms with E-state index in [1.165, 1.54) is 54.6 Å². The molecule has 0 radical (unpaired) electrons. The van der Waals surface area contributed by atoms with Crippen molar-refractivity contribution >= 4 is 28.0 Å². The maximum absolute atomic E-state index is 13.1. The Hall–Kier alpha value is -3.06. The number of nitrogens with zero attached hydrogens (tertiary/aromatic N) is 4. The number of fused-ring (bicyclic) bond motifs is 1. The number of carbonyl (C=O) groups is 1. The molecule has 33 heavy (non-hydrogen) atoms. The van der Waals surface area contributed by atoms with E-state index in [0.29, 0.717) is 11.0 Å². The van der Waals surface area contributed by atoms with E-state index in [-0.39, 0.29) is 12.3 Å². The zero-order valence-electron chi connectivity index (χ0n) is 19.4. The van der Waals surface area contributed by atoms with Crippen molar-refractivity contribution < 1.29 is 4.79 Å². The van der Waals surface area contributed by atoms with E-state index in [2.05, 4.69) is 54.5 Å². The monoisotopic (exact) mass is 459 g/mol. The number of benzene rings is 1. The molecule has 1 N–H and O–H groups in total. The summed E-state index contributed by atoms with van der Waals surface area (Å²) in [6.45, 7) is 6.25. The Morgan fingerprint density at radius 2 is 1.88 bits per heavy atom. The fourth-order valence-electron chi connectivity index (χ4n) is 4.60. The normalized spacial score (nSPS) is 14.6. The highest BCUT2D eigenvalue weighted by Crippen LogP contribution is 2.35. The lowest BCUT2D eigenvalue weighted by Crippen LogP contribution is -2.16. The lowest BCUT2D eigenvalue weighted by Gasteiger charge is -2.18. The fraction of sp³-hybridized carbons (Fsp3) is 0.385. The van der Waals surface area contributed by atoms with Gasteiger partial charge in [-0.15, -0.1) is 10.2 Å². The summed E-state index contributed by atoms with van der Waals surface area (Å²) in [6, 6.07) is 10.4. The number of imidazole rings is 1. The Bertz CT molecular complexity index is 1320. The topological polar surface area (TPSA) is 72.2 Å². The summed E-state index contributed by atoms with van der Waals surface area (Å²) in [7, 11) is 0. The summed E-state index contributed by atoms with van der Waals surface area (Å²) in [5.74, 6) is 0.383. The molecule has 0 bridgehead atoms. The minimum Gasteiger partial charge on any atom is -0.303 e. The second-order valence-corrected chi connectivity index (χ2v) is 10.2. The number of aryl methyl sites for hydroxylation is 3. The third kappa shape index (κ3) is 4.55. The average Bonchev–Trinajstić information content (AvgIpc) is 3.41. The maximum atomic E-state index is 13.1. The van der Waals surface area contributed by atoms with Crippen LogP contribution >= 0.6 is 11.3 Å². The molecule has 5 rings (SSSR count). The highest BCUT2D eigenvalue weighted by Gasteiger charge is 2.22. The molecule has 1 aliphatic rings. The molecular weight excluding hydrogens is 430 g/mol. The zero-order chi connectivity index (χ0) is 22.9. The van der Waals surface area contributed by atoms with Crippen LogP contribution in [-0.4, -0.2) is 25.5 Å².